The molecule has 6 nitrogen and oxygen atoms in total. The minimum absolute atomic E-state index is 0.205. The highest BCUT2D eigenvalue weighted by molar-refractivity contribution is 6.09. The molecule has 0 radical (unpaired) electrons. The minimum atomic E-state index is -0.218. The molecule has 3 aromatic carbocycles. The SMILES string of the molecule is Cc1ccc(CN2C(=O)/C(=C\c3ccc(C(=O)NCc4ccco4)cc3)Oc3ccccc32)cc1. The Morgan fingerprint density at radius 1 is 0.943 bits per heavy atom. The van der Waals surface area contributed by atoms with E-state index in [1.165, 1.54) is 5.56 Å². The number of amides is 2. The van der Waals surface area contributed by atoms with Crippen molar-refractivity contribution in [2.45, 2.75) is 20.0 Å². The Hall–Kier alpha value is -4.58. The Balaban J connectivity index is 1.35. The van der Waals surface area contributed by atoms with Crippen molar-refractivity contribution >= 4 is 23.6 Å². The first kappa shape index (κ1) is 22.2. The molecular formula is C29H24N2O4. The van der Waals surface area contributed by atoms with Gasteiger partial charge in [0.1, 0.15) is 5.76 Å². The number of hydrogen-bond acceptors (Lipinski definition) is 4. The lowest BCUT2D eigenvalue weighted by molar-refractivity contribution is -0.117. The summed E-state index contributed by atoms with van der Waals surface area (Å²) >= 11 is 0. The van der Waals surface area contributed by atoms with Crippen molar-refractivity contribution in [3.05, 3.63) is 125 Å². The number of nitrogens with zero attached hydrogens (tertiary/aromatic N) is 1. The van der Waals surface area contributed by atoms with Gasteiger partial charge in [-0.2, -0.15) is 0 Å². The Labute approximate surface area is 203 Å². The van der Waals surface area contributed by atoms with Gasteiger partial charge in [-0.25, -0.2) is 0 Å². The van der Waals surface area contributed by atoms with Crippen molar-refractivity contribution in [2.24, 2.45) is 0 Å². The molecule has 1 aromatic heterocycles. The van der Waals surface area contributed by atoms with Crippen LogP contribution in [0.5, 0.6) is 5.75 Å². The van der Waals surface area contributed by atoms with Crippen LogP contribution in [-0.2, 0) is 17.9 Å². The molecule has 1 aliphatic rings. The monoisotopic (exact) mass is 464 g/mol. The molecule has 1 aliphatic heterocycles. The lowest BCUT2D eigenvalue weighted by Crippen LogP contribution is -2.36. The van der Waals surface area contributed by atoms with Crippen molar-refractivity contribution in [2.75, 3.05) is 4.90 Å². The van der Waals surface area contributed by atoms with Crippen LogP contribution in [0, 0.1) is 6.92 Å². The Bertz CT molecular complexity index is 1370. The van der Waals surface area contributed by atoms with Crippen LogP contribution in [0.2, 0.25) is 0 Å². The number of furan rings is 1. The first-order valence-electron chi connectivity index (χ1n) is 11.3. The van der Waals surface area contributed by atoms with E-state index in [-0.39, 0.29) is 17.6 Å². The largest absolute Gasteiger partial charge is 0.467 e. The third-order valence-electron chi connectivity index (χ3n) is 5.77. The number of benzene rings is 3. The van der Waals surface area contributed by atoms with E-state index < -0.39 is 0 Å². The van der Waals surface area contributed by atoms with Crippen LogP contribution in [0.3, 0.4) is 0 Å². The third-order valence-corrected chi connectivity index (χ3v) is 5.77. The van der Waals surface area contributed by atoms with Crippen molar-refractivity contribution in [3.8, 4) is 5.75 Å². The van der Waals surface area contributed by atoms with Crippen molar-refractivity contribution in [3.63, 3.8) is 0 Å². The fraction of sp³-hybridized carbons (Fsp3) is 0.103. The van der Waals surface area contributed by atoms with E-state index in [1.54, 1.807) is 53.6 Å². The van der Waals surface area contributed by atoms with Crippen molar-refractivity contribution in [1.29, 1.82) is 0 Å². The summed E-state index contributed by atoms with van der Waals surface area (Å²) in [5.41, 5.74) is 4.20. The molecule has 0 spiro atoms. The first-order valence-corrected chi connectivity index (χ1v) is 11.3. The molecule has 4 aromatic rings. The van der Waals surface area contributed by atoms with Gasteiger partial charge in [-0.1, -0.05) is 54.1 Å². The summed E-state index contributed by atoms with van der Waals surface area (Å²) < 4.78 is 11.2. The lowest BCUT2D eigenvalue weighted by Gasteiger charge is -2.30. The molecule has 6 heteroatoms. The van der Waals surface area contributed by atoms with Crippen LogP contribution in [0.4, 0.5) is 5.69 Å². The molecular weight excluding hydrogens is 440 g/mol. The molecule has 5 rings (SSSR count). The summed E-state index contributed by atoms with van der Waals surface area (Å²) in [7, 11) is 0. The van der Waals surface area contributed by atoms with Gasteiger partial charge in [0, 0.05) is 5.56 Å². The molecule has 0 saturated carbocycles. The summed E-state index contributed by atoms with van der Waals surface area (Å²) in [6, 6.07) is 26.2. The zero-order valence-electron chi connectivity index (χ0n) is 19.2. The Morgan fingerprint density at radius 3 is 2.46 bits per heavy atom. The van der Waals surface area contributed by atoms with E-state index in [9.17, 15) is 9.59 Å². The van der Waals surface area contributed by atoms with Gasteiger partial charge in [0.15, 0.2) is 11.5 Å². The third kappa shape index (κ3) is 5.01. The maximum Gasteiger partial charge on any atom is 0.294 e. The van der Waals surface area contributed by atoms with Crippen LogP contribution < -0.4 is 15.0 Å². The van der Waals surface area contributed by atoms with E-state index >= 15 is 0 Å². The maximum absolute atomic E-state index is 13.4. The van der Waals surface area contributed by atoms with Gasteiger partial charge in [0.05, 0.1) is 25.0 Å². The predicted octanol–water partition coefficient (Wildman–Crippen LogP) is 5.48. The smallest absolute Gasteiger partial charge is 0.294 e. The van der Waals surface area contributed by atoms with E-state index in [0.29, 0.717) is 30.2 Å². The van der Waals surface area contributed by atoms with Crippen LogP contribution in [-0.4, -0.2) is 11.8 Å². The highest BCUT2D eigenvalue weighted by Gasteiger charge is 2.30. The highest BCUT2D eigenvalue weighted by Crippen LogP contribution is 2.36. The maximum atomic E-state index is 13.4. The summed E-state index contributed by atoms with van der Waals surface area (Å²) in [6.45, 7) is 2.79. The summed E-state index contributed by atoms with van der Waals surface area (Å²) in [6.07, 6.45) is 3.27. The number of carbonyl (C=O) groups excluding carboxylic acids is 2. The molecule has 0 atom stereocenters. The van der Waals surface area contributed by atoms with Crippen molar-refractivity contribution in [1.82, 2.24) is 5.32 Å². The zero-order valence-corrected chi connectivity index (χ0v) is 19.2. The molecule has 1 N–H and O–H groups in total. The number of anilines is 1. The van der Waals surface area contributed by atoms with E-state index in [1.807, 2.05) is 55.5 Å². The standard InChI is InChI=1S/C29H24N2O4/c1-20-8-10-22(11-9-20)19-31-25-6-2-3-7-26(25)35-27(29(31)33)17-21-12-14-23(15-13-21)28(32)30-18-24-5-4-16-34-24/h2-17H,18-19H2,1H3,(H,30,32)/b27-17+. The second-order valence-electron chi connectivity index (χ2n) is 8.34. The number of para-hydroxylation sites is 2. The number of aryl methyl sites for hydroxylation is 1. The molecule has 0 saturated heterocycles. The van der Waals surface area contributed by atoms with Gasteiger partial charge in [-0.3, -0.25) is 14.5 Å². The molecule has 35 heavy (non-hydrogen) atoms. The van der Waals surface area contributed by atoms with Gasteiger partial charge in [-0.05, 0) is 60.5 Å². The number of fused-ring (bicyclic) bond motifs is 1. The molecule has 0 unspecified atom stereocenters. The summed E-state index contributed by atoms with van der Waals surface area (Å²) in [5.74, 6) is 1.11. The predicted molar refractivity (Wildman–Crippen MR) is 134 cm³/mol. The van der Waals surface area contributed by atoms with E-state index in [2.05, 4.69) is 5.32 Å². The summed E-state index contributed by atoms with van der Waals surface area (Å²) in [5, 5.41) is 2.82. The number of ether oxygens (including phenoxy) is 1. The molecule has 2 heterocycles. The van der Waals surface area contributed by atoms with Gasteiger partial charge >= 0.3 is 0 Å². The molecule has 174 valence electrons. The van der Waals surface area contributed by atoms with E-state index in [0.717, 1.165) is 16.8 Å². The quantitative estimate of drug-likeness (QED) is 0.383. The number of nitrogens with one attached hydrogen (secondary N) is 1. The fourth-order valence-corrected chi connectivity index (χ4v) is 3.86. The van der Waals surface area contributed by atoms with E-state index in [4.69, 9.17) is 9.15 Å². The van der Waals surface area contributed by atoms with Crippen LogP contribution in [0.15, 0.2) is 101 Å². The number of rotatable bonds is 6. The fourth-order valence-electron chi connectivity index (χ4n) is 3.86. The average Bonchev–Trinajstić information content (AvgIpc) is 3.40. The lowest BCUT2D eigenvalue weighted by atomic mass is 10.1. The van der Waals surface area contributed by atoms with Crippen molar-refractivity contribution < 1.29 is 18.7 Å². The Kier molecular flexibility index (Phi) is 6.18. The van der Waals surface area contributed by atoms with Crippen LogP contribution in [0.1, 0.15) is 32.8 Å². The number of carbonyl (C=O) groups is 2. The molecule has 0 bridgehead atoms. The van der Waals surface area contributed by atoms with Crippen LogP contribution >= 0.6 is 0 Å². The summed E-state index contributed by atoms with van der Waals surface area (Å²) in [4.78, 5) is 27.5. The number of hydrogen-bond donors (Lipinski definition) is 1. The topological polar surface area (TPSA) is 71.8 Å². The molecule has 0 fully saturated rings. The van der Waals surface area contributed by atoms with Gasteiger partial charge in [-0.15, -0.1) is 0 Å². The normalized spacial score (nSPS) is 13.9. The second kappa shape index (κ2) is 9.73. The Morgan fingerprint density at radius 2 is 1.71 bits per heavy atom. The first-order chi connectivity index (χ1) is 17.1. The van der Waals surface area contributed by atoms with Gasteiger partial charge < -0.3 is 14.5 Å². The van der Waals surface area contributed by atoms with Gasteiger partial charge in [0.25, 0.3) is 11.8 Å². The minimum Gasteiger partial charge on any atom is -0.467 e. The second-order valence-corrected chi connectivity index (χ2v) is 8.34. The molecule has 2 amide bonds. The average molecular weight is 465 g/mol. The highest BCUT2D eigenvalue weighted by atomic mass is 16.5. The van der Waals surface area contributed by atoms with Crippen LogP contribution in [0.25, 0.3) is 6.08 Å². The zero-order chi connectivity index (χ0) is 24.2. The molecule has 0 aliphatic carbocycles. The van der Waals surface area contributed by atoms with Gasteiger partial charge in [0.2, 0.25) is 0 Å².